The van der Waals surface area contributed by atoms with Crippen LogP contribution in [-0.2, 0) is 6.54 Å². The fourth-order valence-corrected chi connectivity index (χ4v) is 4.18. The molecule has 0 atom stereocenters. The normalized spacial score (nSPS) is 15.0. The number of thiazole rings is 1. The molecule has 0 radical (unpaired) electrons. The number of aromatic nitrogens is 2. The van der Waals surface area contributed by atoms with Gasteiger partial charge in [-0.05, 0) is 24.3 Å². The van der Waals surface area contributed by atoms with Crippen LogP contribution in [0.25, 0.3) is 10.6 Å². The van der Waals surface area contributed by atoms with Crippen LogP contribution >= 0.6 is 34.5 Å². The van der Waals surface area contributed by atoms with E-state index in [0.717, 1.165) is 40.9 Å². The van der Waals surface area contributed by atoms with Gasteiger partial charge in [0.1, 0.15) is 10.2 Å². The summed E-state index contributed by atoms with van der Waals surface area (Å²) in [6.07, 6.45) is 1.53. The Hall–Kier alpha value is -1.99. The molecule has 5 nitrogen and oxygen atoms in total. The van der Waals surface area contributed by atoms with Crippen molar-refractivity contribution in [1.82, 2.24) is 19.8 Å². The van der Waals surface area contributed by atoms with Crippen LogP contribution in [0, 0.1) is 0 Å². The molecule has 0 spiro atoms. The summed E-state index contributed by atoms with van der Waals surface area (Å²) >= 11 is 13.4. The number of amides is 1. The topological polar surface area (TPSA) is 49.3 Å². The monoisotopic (exact) mass is 432 g/mol. The summed E-state index contributed by atoms with van der Waals surface area (Å²) in [7, 11) is 0. The Balaban J connectivity index is 1.33. The number of benzene rings is 1. The average molecular weight is 433 g/mol. The van der Waals surface area contributed by atoms with Crippen LogP contribution in [0.3, 0.4) is 0 Å². The molecule has 144 valence electrons. The maximum Gasteiger partial charge on any atom is 0.255 e. The second-order valence-corrected chi connectivity index (χ2v) is 8.27. The van der Waals surface area contributed by atoms with Crippen molar-refractivity contribution in [3.05, 3.63) is 69.4 Å². The molecule has 0 saturated carbocycles. The molecule has 1 aliphatic heterocycles. The van der Waals surface area contributed by atoms with Crippen molar-refractivity contribution in [3.8, 4) is 10.6 Å². The fourth-order valence-electron chi connectivity index (χ4n) is 3.13. The van der Waals surface area contributed by atoms with Gasteiger partial charge >= 0.3 is 0 Å². The number of pyridine rings is 1. The highest BCUT2D eigenvalue weighted by molar-refractivity contribution is 7.13. The number of halogens is 2. The summed E-state index contributed by atoms with van der Waals surface area (Å²) in [5, 5.41) is 4.21. The lowest BCUT2D eigenvalue weighted by Gasteiger charge is -2.34. The van der Waals surface area contributed by atoms with Crippen molar-refractivity contribution >= 4 is 40.4 Å². The average Bonchev–Trinajstić information content (AvgIpc) is 3.18. The fraction of sp³-hybridized carbons (Fsp3) is 0.250. The highest BCUT2D eigenvalue weighted by atomic mass is 35.5. The molecule has 1 amide bonds. The number of nitrogens with zero attached hydrogens (tertiary/aromatic N) is 4. The molecule has 1 saturated heterocycles. The smallest absolute Gasteiger partial charge is 0.255 e. The Bertz CT molecular complexity index is 951. The number of hydrogen-bond acceptors (Lipinski definition) is 5. The van der Waals surface area contributed by atoms with Crippen LogP contribution in [0.4, 0.5) is 0 Å². The molecule has 4 rings (SSSR count). The maximum absolute atomic E-state index is 12.6. The van der Waals surface area contributed by atoms with E-state index < -0.39 is 0 Å². The van der Waals surface area contributed by atoms with E-state index in [-0.39, 0.29) is 5.91 Å². The van der Waals surface area contributed by atoms with Gasteiger partial charge in [0, 0.05) is 54.9 Å². The van der Waals surface area contributed by atoms with E-state index in [4.69, 9.17) is 28.2 Å². The SMILES string of the molecule is O=C(c1ccc(Cl)nc1)N1CCN(Cc2csc(-c3ccc(Cl)cc3)n2)CC1. The van der Waals surface area contributed by atoms with Gasteiger partial charge in [0.15, 0.2) is 0 Å². The standard InChI is InChI=1S/C20H18Cl2N4OS/c21-16-4-1-14(2-5-16)19-24-17(13-28-19)12-25-7-9-26(10-8-25)20(27)15-3-6-18(22)23-11-15/h1-6,11,13H,7-10,12H2. The first-order valence-electron chi connectivity index (χ1n) is 8.92. The van der Waals surface area contributed by atoms with Crippen molar-refractivity contribution in [1.29, 1.82) is 0 Å². The molecule has 0 aliphatic carbocycles. The second-order valence-electron chi connectivity index (χ2n) is 6.59. The molecule has 1 aromatic carbocycles. The van der Waals surface area contributed by atoms with Crippen LogP contribution in [-0.4, -0.2) is 51.9 Å². The van der Waals surface area contributed by atoms with E-state index in [2.05, 4.69) is 15.3 Å². The molecule has 1 fully saturated rings. The molecule has 8 heteroatoms. The minimum Gasteiger partial charge on any atom is -0.336 e. The number of carbonyl (C=O) groups is 1. The van der Waals surface area contributed by atoms with Crippen molar-refractivity contribution in [2.45, 2.75) is 6.54 Å². The largest absolute Gasteiger partial charge is 0.336 e. The predicted octanol–water partition coefficient (Wildman–Crippen LogP) is 4.47. The van der Waals surface area contributed by atoms with Gasteiger partial charge in [-0.25, -0.2) is 9.97 Å². The molecule has 0 unspecified atom stereocenters. The maximum atomic E-state index is 12.6. The molecular weight excluding hydrogens is 415 g/mol. The Labute approximate surface area is 177 Å². The van der Waals surface area contributed by atoms with Gasteiger partial charge in [-0.15, -0.1) is 11.3 Å². The van der Waals surface area contributed by atoms with Crippen molar-refractivity contribution in [2.75, 3.05) is 26.2 Å². The Morgan fingerprint density at radius 1 is 1.04 bits per heavy atom. The third kappa shape index (κ3) is 4.52. The molecule has 1 aliphatic rings. The summed E-state index contributed by atoms with van der Waals surface area (Å²) in [5.74, 6) is 0.00231. The molecular formula is C20H18Cl2N4OS. The van der Waals surface area contributed by atoms with Crippen LogP contribution < -0.4 is 0 Å². The van der Waals surface area contributed by atoms with Gasteiger partial charge in [0.05, 0.1) is 11.3 Å². The van der Waals surface area contributed by atoms with Gasteiger partial charge in [0.25, 0.3) is 5.91 Å². The van der Waals surface area contributed by atoms with Crippen LogP contribution in [0.2, 0.25) is 10.2 Å². The lowest BCUT2D eigenvalue weighted by Crippen LogP contribution is -2.48. The molecule has 3 aromatic rings. The van der Waals surface area contributed by atoms with Crippen molar-refractivity contribution in [3.63, 3.8) is 0 Å². The Kier molecular flexibility index (Phi) is 5.92. The summed E-state index contributed by atoms with van der Waals surface area (Å²) in [6.45, 7) is 3.81. The van der Waals surface area contributed by atoms with Crippen LogP contribution in [0.15, 0.2) is 48.0 Å². The first-order valence-corrected chi connectivity index (χ1v) is 10.6. The molecule has 3 heterocycles. The highest BCUT2D eigenvalue weighted by Gasteiger charge is 2.23. The Morgan fingerprint density at radius 2 is 1.79 bits per heavy atom. The Morgan fingerprint density at radius 3 is 2.46 bits per heavy atom. The second kappa shape index (κ2) is 8.57. The van der Waals surface area contributed by atoms with Gasteiger partial charge in [-0.2, -0.15) is 0 Å². The van der Waals surface area contributed by atoms with Crippen molar-refractivity contribution < 1.29 is 4.79 Å². The summed E-state index contributed by atoms with van der Waals surface area (Å²) in [6, 6.07) is 11.1. The first kappa shape index (κ1) is 19.3. The number of carbonyl (C=O) groups excluding carboxylic acids is 1. The summed E-state index contributed by atoms with van der Waals surface area (Å²) < 4.78 is 0. The van der Waals surface area contributed by atoms with E-state index in [1.165, 1.54) is 6.20 Å². The number of hydrogen-bond donors (Lipinski definition) is 0. The summed E-state index contributed by atoms with van der Waals surface area (Å²) in [5.41, 5.74) is 2.70. The lowest BCUT2D eigenvalue weighted by atomic mass is 10.2. The van der Waals surface area contributed by atoms with Crippen LogP contribution in [0.5, 0.6) is 0 Å². The quantitative estimate of drug-likeness (QED) is 0.570. The van der Waals surface area contributed by atoms with Crippen molar-refractivity contribution in [2.24, 2.45) is 0 Å². The number of rotatable bonds is 4. The van der Waals surface area contributed by atoms with E-state index >= 15 is 0 Å². The zero-order valence-electron chi connectivity index (χ0n) is 15.0. The predicted molar refractivity (Wildman–Crippen MR) is 113 cm³/mol. The minimum absolute atomic E-state index is 0.00231. The third-order valence-electron chi connectivity index (χ3n) is 4.66. The van der Waals surface area contributed by atoms with E-state index in [0.29, 0.717) is 23.8 Å². The van der Waals surface area contributed by atoms with Gasteiger partial charge in [-0.1, -0.05) is 35.3 Å². The number of piperazine rings is 1. The van der Waals surface area contributed by atoms with E-state index in [9.17, 15) is 4.79 Å². The molecule has 2 aromatic heterocycles. The zero-order valence-corrected chi connectivity index (χ0v) is 17.3. The third-order valence-corrected chi connectivity index (χ3v) is 6.08. The van der Waals surface area contributed by atoms with Gasteiger partial charge in [0.2, 0.25) is 0 Å². The van der Waals surface area contributed by atoms with Crippen LogP contribution in [0.1, 0.15) is 16.1 Å². The molecule has 0 N–H and O–H groups in total. The minimum atomic E-state index is 0.00231. The lowest BCUT2D eigenvalue weighted by molar-refractivity contribution is 0.0627. The van der Waals surface area contributed by atoms with E-state index in [1.54, 1.807) is 23.5 Å². The molecule has 0 bridgehead atoms. The first-order chi connectivity index (χ1) is 13.6. The van der Waals surface area contributed by atoms with Gasteiger partial charge < -0.3 is 4.90 Å². The highest BCUT2D eigenvalue weighted by Crippen LogP contribution is 2.25. The molecule has 28 heavy (non-hydrogen) atoms. The summed E-state index contributed by atoms with van der Waals surface area (Å²) in [4.78, 5) is 25.5. The van der Waals surface area contributed by atoms with Gasteiger partial charge in [-0.3, -0.25) is 9.69 Å². The van der Waals surface area contributed by atoms with E-state index in [1.807, 2.05) is 29.2 Å². The zero-order chi connectivity index (χ0) is 19.5.